The molecule has 0 aromatic heterocycles. The van der Waals surface area contributed by atoms with E-state index in [0.29, 0.717) is 12.4 Å². The number of para-hydroxylation sites is 2. The molecule has 3 aromatic carbocycles. The first-order chi connectivity index (χ1) is 19.8. The van der Waals surface area contributed by atoms with Crippen LogP contribution in [0.5, 0.6) is 17.2 Å². The number of ether oxygens (including phenoxy) is 4. The highest BCUT2D eigenvalue weighted by atomic mass is 16.5. The first kappa shape index (κ1) is 30.9. The molecule has 0 N–H and O–H groups in total. The Hall–Kier alpha value is -4.65. The van der Waals surface area contributed by atoms with E-state index in [1.54, 1.807) is 30.3 Å². The van der Waals surface area contributed by atoms with Crippen LogP contribution in [0.4, 0.5) is 0 Å². The van der Waals surface area contributed by atoms with Crippen LogP contribution in [0.3, 0.4) is 0 Å². The summed E-state index contributed by atoms with van der Waals surface area (Å²) in [6.07, 6.45) is 5.62. The van der Waals surface area contributed by atoms with Gasteiger partial charge in [-0.2, -0.15) is 0 Å². The number of carbonyl (C=O) groups is 3. The number of methoxy groups -OCH3 is 1. The molecule has 0 saturated carbocycles. The first-order valence-electron chi connectivity index (χ1n) is 13.4. The lowest BCUT2D eigenvalue weighted by Crippen LogP contribution is -2.15. The van der Waals surface area contributed by atoms with Gasteiger partial charge in [0.05, 0.1) is 12.7 Å². The number of ketones is 1. The summed E-state index contributed by atoms with van der Waals surface area (Å²) in [5, 5.41) is 0. The third-order valence-corrected chi connectivity index (χ3v) is 6.11. The summed E-state index contributed by atoms with van der Waals surface area (Å²) in [5.41, 5.74) is 3.62. The fraction of sp³-hybridized carbons (Fsp3) is 0.265. The van der Waals surface area contributed by atoms with Gasteiger partial charge in [-0.05, 0) is 69.5 Å². The van der Waals surface area contributed by atoms with E-state index in [-0.39, 0.29) is 29.2 Å². The smallest absolute Gasteiger partial charge is 0.347 e. The second-order valence-corrected chi connectivity index (χ2v) is 9.65. The maximum absolute atomic E-state index is 13.4. The average molecular weight is 557 g/mol. The van der Waals surface area contributed by atoms with Crippen molar-refractivity contribution < 1.29 is 33.3 Å². The van der Waals surface area contributed by atoms with Gasteiger partial charge in [-0.25, -0.2) is 4.79 Å². The Morgan fingerprint density at radius 3 is 2.17 bits per heavy atom. The van der Waals surface area contributed by atoms with E-state index in [9.17, 15) is 14.4 Å². The van der Waals surface area contributed by atoms with E-state index in [4.69, 9.17) is 14.2 Å². The number of benzene rings is 3. The van der Waals surface area contributed by atoms with Gasteiger partial charge in [0.25, 0.3) is 0 Å². The van der Waals surface area contributed by atoms with Gasteiger partial charge in [0, 0.05) is 0 Å². The van der Waals surface area contributed by atoms with Gasteiger partial charge in [-0.3, -0.25) is 9.59 Å². The molecule has 0 aliphatic carbocycles. The molecule has 3 rings (SSSR count). The quantitative estimate of drug-likeness (QED) is 0.0677. The number of hydrogen-bond acceptors (Lipinski definition) is 7. The fourth-order valence-corrected chi connectivity index (χ4v) is 3.87. The van der Waals surface area contributed by atoms with Crippen LogP contribution in [0, 0.1) is 0 Å². The molecule has 0 atom stereocenters. The summed E-state index contributed by atoms with van der Waals surface area (Å²) in [5.74, 6) is -1.29. The SMILES string of the molecule is COC(=O)CC(=O)c1ccccc1OC(=O)c1cccc(OCC=C(C)CCC=C(C)C)c1OCc1ccccc1. The predicted octanol–water partition coefficient (Wildman–Crippen LogP) is 7.30. The molecule has 7 heteroatoms. The summed E-state index contributed by atoms with van der Waals surface area (Å²) in [7, 11) is 1.20. The van der Waals surface area contributed by atoms with Crippen molar-refractivity contribution >= 4 is 17.7 Å². The predicted molar refractivity (Wildman–Crippen MR) is 157 cm³/mol. The van der Waals surface area contributed by atoms with Gasteiger partial charge >= 0.3 is 11.9 Å². The lowest BCUT2D eigenvalue weighted by Gasteiger charge is -2.16. The van der Waals surface area contributed by atoms with Gasteiger partial charge in [0.1, 0.15) is 30.9 Å². The third kappa shape index (κ3) is 9.80. The van der Waals surface area contributed by atoms with Crippen LogP contribution in [-0.4, -0.2) is 31.4 Å². The molecule has 214 valence electrons. The molecule has 0 aliphatic rings. The molecule has 0 amide bonds. The monoisotopic (exact) mass is 556 g/mol. The molecule has 0 fully saturated rings. The van der Waals surface area contributed by atoms with Crippen molar-refractivity contribution in [1.82, 2.24) is 0 Å². The Labute approximate surface area is 241 Å². The minimum Gasteiger partial charge on any atom is -0.486 e. The van der Waals surface area contributed by atoms with Crippen LogP contribution >= 0.6 is 0 Å². The van der Waals surface area contributed by atoms with Gasteiger partial charge in [0.2, 0.25) is 0 Å². The first-order valence-corrected chi connectivity index (χ1v) is 13.4. The molecule has 0 unspecified atom stereocenters. The second-order valence-electron chi connectivity index (χ2n) is 9.65. The summed E-state index contributed by atoms with van der Waals surface area (Å²) in [4.78, 5) is 37.7. The minimum absolute atomic E-state index is 0.0293. The van der Waals surface area contributed by atoms with Crippen LogP contribution in [0.1, 0.15) is 66.3 Å². The van der Waals surface area contributed by atoms with Gasteiger partial charge in [-0.15, -0.1) is 0 Å². The molecule has 3 aromatic rings. The van der Waals surface area contributed by atoms with Crippen LogP contribution < -0.4 is 14.2 Å². The normalized spacial score (nSPS) is 10.9. The van der Waals surface area contributed by atoms with Crippen molar-refractivity contribution in [3.8, 4) is 17.2 Å². The van der Waals surface area contributed by atoms with E-state index >= 15 is 0 Å². The van der Waals surface area contributed by atoms with Crippen LogP contribution in [0.2, 0.25) is 0 Å². The number of hydrogen-bond donors (Lipinski definition) is 0. The lowest BCUT2D eigenvalue weighted by molar-refractivity contribution is -0.139. The lowest BCUT2D eigenvalue weighted by atomic mass is 10.1. The van der Waals surface area contributed by atoms with E-state index in [1.807, 2.05) is 36.4 Å². The van der Waals surface area contributed by atoms with E-state index < -0.39 is 24.1 Å². The Morgan fingerprint density at radius 1 is 0.756 bits per heavy atom. The van der Waals surface area contributed by atoms with Crippen molar-refractivity contribution in [2.24, 2.45) is 0 Å². The van der Waals surface area contributed by atoms with Crippen molar-refractivity contribution in [3.05, 3.63) is 113 Å². The molecule has 41 heavy (non-hydrogen) atoms. The minimum atomic E-state index is -0.731. The molecule has 0 saturated heterocycles. The standard InChI is InChI=1S/C34H36O7/c1-24(2)12-10-13-25(3)20-21-39-31-19-11-17-28(33(31)40-23-26-14-6-5-7-15-26)34(37)41-30-18-9-8-16-27(30)29(35)22-32(36)38-4/h5-9,11-12,14-20H,10,13,21-23H2,1-4H3. The number of Topliss-reactive ketones (excluding diaryl/α,β-unsaturated/α-hetero) is 1. The number of esters is 2. The average Bonchev–Trinajstić information content (AvgIpc) is 2.96. The molecular weight excluding hydrogens is 520 g/mol. The molecule has 0 radical (unpaired) electrons. The van der Waals surface area contributed by atoms with Crippen LogP contribution in [0.15, 0.2) is 96.1 Å². The maximum Gasteiger partial charge on any atom is 0.347 e. The Balaban J connectivity index is 1.85. The van der Waals surface area contributed by atoms with Gasteiger partial charge in [0.15, 0.2) is 17.3 Å². The number of allylic oxidation sites excluding steroid dienone is 3. The zero-order valence-corrected chi connectivity index (χ0v) is 24.0. The second kappa shape index (κ2) is 15.8. The highest BCUT2D eigenvalue weighted by Gasteiger charge is 2.23. The van der Waals surface area contributed by atoms with Gasteiger partial charge < -0.3 is 18.9 Å². The maximum atomic E-state index is 13.4. The third-order valence-electron chi connectivity index (χ3n) is 6.11. The topological polar surface area (TPSA) is 88.1 Å². The summed E-state index contributed by atoms with van der Waals surface area (Å²) < 4.78 is 22.4. The molecule has 0 aliphatic heterocycles. The molecular formula is C34H36O7. The highest BCUT2D eigenvalue weighted by molar-refractivity contribution is 6.08. The van der Waals surface area contributed by atoms with E-state index in [1.165, 1.54) is 30.4 Å². The highest BCUT2D eigenvalue weighted by Crippen LogP contribution is 2.34. The van der Waals surface area contributed by atoms with E-state index in [0.717, 1.165) is 18.4 Å². The Bertz CT molecular complexity index is 1400. The molecule has 0 spiro atoms. The summed E-state index contributed by atoms with van der Waals surface area (Å²) >= 11 is 0. The van der Waals surface area contributed by atoms with E-state index in [2.05, 4.69) is 31.6 Å². The van der Waals surface area contributed by atoms with Crippen molar-refractivity contribution in [3.63, 3.8) is 0 Å². The van der Waals surface area contributed by atoms with Crippen molar-refractivity contribution in [1.29, 1.82) is 0 Å². The zero-order valence-electron chi connectivity index (χ0n) is 24.0. The Morgan fingerprint density at radius 2 is 1.44 bits per heavy atom. The summed E-state index contributed by atoms with van der Waals surface area (Å²) in [6, 6.07) is 20.8. The van der Waals surface area contributed by atoms with Crippen LogP contribution in [0.25, 0.3) is 0 Å². The molecule has 7 nitrogen and oxygen atoms in total. The largest absolute Gasteiger partial charge is 0.486 e. The molecule has 0 heterocycles. The number of carbonyl (C=O) groups excluding carboxylic acids is 3. The molecule has 0 bridgehead atoms. The zero-order chi connectivity index (χ0) is 29.6. The number of rotatable bonds is 14. The van der Waals surface area contributed by atoms with Crippen LogP contribution in [-0.2, 0) is 16.1 Å². The van der Waals surface area contributed by atoms with Gasteiger partial charge in [-0.1, -0.05) is 65.8 Å². The van der Waals surface area contributed by atoms with Crippen molar-refractivity contribution in [2.75, 3.05) is 13.7 Å². The van der Waals surface area contributed by atoms with Crippen molar-refractivity contribution in [2.45, 2.75) is 46.6 Å². The summed E-state index contributed by atoms with van der Waals surface area (Å²) in [6.45, 7) is 6.71. The fourth-order valence-electron chi connectivity index (χ4n) is 3.87. The Kier molecular flexibility index (Phi) is 11.9.